The third kappa shape index (κ3) is 65.7. The molecule has 0 spiro atoms. The number of unbranched alkanes of at least 4 members (excludes halogenated alkanes) is 41. The van der Waals surface area contributed by atoms with Crippen molar-refractivity contribution in [1.82, 2.24) is 0 Å². The average molecular weight is 1120 g/mol. The van der Waals surface area contributed by atoms with E-state index in [1.54, 1.807) is 0 Å². The summed E-state index contributed by atoms with van der Waals surface area (Å²) in [6.07, 6.45) is 89.9. The first-order valence-electron chi connectivity index (χ1n) is 34.9. The van der Waals surface area contributed by atoms with Crippen LogP contribution in [0, 0.1) is 0 Å². The fourth-order valence-corrected chi connectivity index (χ4v) is 10.3. The molecule has 0 fully saturated rings. The molecule has 0 N–H and O–H groups in total. The lowest BCUT2D eigenvalue weighted by Gasteiger charge is -2.18. The number of carbonyl (C=O) groups is 3. The van der Waals surface area contributed by atoms with Crippen LogP contribution in [0.1, 0.15) is 361 Å². The molecule has 0 aliphatic carbocycles. The molecule has 0 rings (SSSR count). The summed E-state index contributed by atoms with van der Waals surface area (Å²) >= 11 is 0. The van der Waals surface area contributed by atoms with Crippen molar-refractivity contribution in [3.8, 4) is 0 Å². The van der Waals surface area contributed by atoms with Crippen LogP contribution in [0.4, 0.5) is 0 Å². The summed E-state index contributed by atoms with van der Waals surface area (Å²) in [7, 11) is 0. The van der Waals surface area contributed by atoms with Crippen LogP contribution in [0.3, 0.4) is 0 Å². The molecule has 0 aliphatic heterocycles. The fourth-order valence-electron chi connectivity index (χ4n) is 10.3. The Morgan fingerprint density at radius 3 is 0.762 bits per heavy atom. The molecule has 0 saturated carbocycles. The first kappa shape index (κ1) is 76.9. The van der Waals surface area contributed by atoms with Crippen molar-refractivity contribution >= 4 is 17.9 Å². The van der Waals surface area contributed by atoms with E-state index >= 15 is 0 Å². The maximum atomic E-state index is 12.8. The second kappa shape index (κ2) is 68.3. The van der Waals surface area contributed by atoms with Crippen molar-refractivity contribution in [2.24, 2.45) is 0 Å². The van der Waals surface area contributed by atoms with Gasteiger partial charge < -0.3 is 14.2 Å². The van der Waals surface area contributed by atoms with Gasteiger partial charge in [-0.3, -0.25) is 14.4 Å². The van der Waals surface area contributed by atoms with E-state index in [1.165, 1.54) is 218 Å². The van der Waals surface area contributed by atoms with Crippen LogP contribution >= 0.6 is 0 Å². The Hall–Kier alpha value is -3.15. The minimum Gasteiger partial charge on any atom is -0.462 e. The Balaban J connectivity index is 3.93. The standard InChI is InChI=1S/C74H132O6/c1-4-7-10-13-15-17-19-21-23-25-27-29-31-32-33-34-35-36-37-38-39-40-41-42-43-45-46-48-50-52-54-56-58-61-64-67-73(76)79-70-71(69-78-72(75)66-63-60-12-9-6-3)80-74(77)68-65-62-59-57-55-53-51-49-47-44-30-28-26-24-22-20-18-16-14-11-8-5-2/h7,10,15,17,21,23,27,29,32-33,35-36,71H,4-6,8-9,11-14,16,18-20,22,24-26,28,30-31,34,37-70H2,1-3H3/b10-7-,17-15-,23-21-,29-27-,33-32-,36-35-. The first-order valence-corrected chi connectivity index (χ1v) is 34.9. The summed E-state index contributed by atoms with van der Waals surface area (Å²) in [5, 5.41) is 0. The highest BCUT2D eigenvalue weighted by Crippen LogP contribution is 2.18. The van der Waals surface area contributed by atoms with E-state index in [1.807, 2.05) is 0 Å². The maximum absolute atomic E-state index is 12.8. The lowest BCUT2D eigenvalue weighted by atomic mass is 10.0. The van der Waals surface area contributed by atoms with E-state index in [9.17, 15) is 14.4 Å². The molecule has 0 aromatic carbocycles. The zero-order valence-electron chi connectivity index (χ0n) is 53.3. The molecule has 80 heavy (non-hydrogen) atoms. The van der Waals surface area contributed by atoms with Crippen molar-refractivity contribution in [3.63, 3.8) is 0 Å². The number of hydrogen-bond donors (Lipinski definition) is 0. The molecule has 6 heteroatoms. The molecular formula is C74H132O6. The van der Waals surface area contributed by atoms with Crippen molar-refractivity contribution in [1.29, 1.82) is 0 Å². The lowest BCUT2D eigenvalue weighted by molar-refractivity contribution is -0.167. The summed E-state index contributed by atoms with van der Waals surface area (Å²) in [6.45, 7) is 6.50. The van der Waals surface area contributed by atoms with Crippen molar-refractivity contribution in [3.05, 3.63) is 72.9 Å². The quantitative estimate of drug-likeness (QED) is 0.0261. The molecule has 0 heterocycles. The highest BCUT2D eigenvalue weighted by Gasteiger charge is 2.19. The Labute approximate surface area is 497 Å². The SMILES string of the molecule is CC/C=C\C/C=C\C/C=C\C/C=C\C/C=C\C/C=C\CCCCCCCCCCCCCCCCCCC(=O)OCC(COC(=O)CCCCCCC)OC(=O)CCCCCCCCCCCCCCCCCCCCCCCC. The van der Waals surface area contributed by atoms with Gasteiger partial charge in [0, 0.05) is 19.3 Å². The van der Waals surface area contributed by atoms with Crippen LogP contribution in [0.5, 0.6) is 0 Å². The van der Waals surface area contributed by atoms with Gasteiger partial charge in [0.05, 0.1) is 0 Å². The molecule has 1 atom stereocenters. The monoisotopic (exact) mass is 1120 g/mol. The summed E-state index contributed by atoms with van der Waals surface area (Å²) < 4.78 is 16.8. The molecule has 0 amide bonds. The predicted molar refractivity (Wildman–Crippen MR) is 348 cm³/mol. The molecule has 0 saturated heterocycles. The van der Waals surface area contributed by atoms with E-state index < -0.39 is 6.10 Å². The van der Waals surface area contributed by atoms with Gasteiger partial charge in [-0.15, -0.1) is 0 Å². The molecule has 0 aromatic heterocycles. The van der Waals surface area contributed by atoms with Gasteiger partial charge in [0.15, 0.2) is 6.10 Å². The average Bonchev–Trinajstić information content (AvgIpc) is 3.46. The summed E-state index contributed by atoms with van der Waals surface area (Å²) in [4.78, 5) is 38.0. The zero-order valence-corrected chi connectivity index (χ0v) is 53.3. The molecule has 1 unspecified atom stereocenters. The fraction of sp³-hybridized carbons (Fsp3) is 0.797. The van der Waals surface area contributed by atoms with Crippen LogP contribution in [-0.2, 0) is 28.6 Å². The van der Waals surface area contributed by atoms with Crippen molar-refractivity contribution in [2.45, 2.75) is 367 Å². The van der Waals surface area contributed by atoms with Crippen LogP contribution in [0.25, 0.3) is 0 Å². The highest BCUT2D eigenvalue weighted by atomic mass is 16.6. The molecule has 6 nitrogen and oxygen atoms in total. The van der Waals surface area contributed by atoms with Crippen molar-refractivity contribution in [2.75, 3.05) is 13.2 Å². The maximum Gasteiger partial charge on any atom is 0.306 e. The van der Waals surface area contributed by atoms with Crippen LogP contribution in [-0.4, -0.2) is 37.2 Å². The Bertz CT molecular complexity index is 1470. The number of ether oxygens (including phenoxy) is 3. The van der Waals surface area contributed by atoms with Gasteiger partial charge in [-0.2, -0.15) is 0 Å². The molecule has 0 aromatic rings. The summed E-state index contributed by atoms with van der Waals surface area (Å²) in [6, 6.07) is 0. The minimum atomic E-state index is -0.768. The molecule has 464 valence electrons. The third-order valence-corrected chi connectivity index (χ3v) is 15.5. The second-order valence-corrected chi connectivity index (χ2v) is 23.4. The number of esters is 3. The van der Waals surface area contributed by atoms with Gasteiger partial charge in [0.2, 0.25) is 0 Å². The van der Waals surface area contributed by atoms with Gasteiger partial charge in [0.25, 0.3) is 0 Å². The Morgan fingerprint density at radius 2 is 0.487 bits per heavy atom. The zero-order chi connectivity index (χ0) is 57.8. The molecular weight excluding hydrogens is 985 g/mol. The first-order chi connectivity index (χ1) is 39.5. The number of allylic oxidation sites excluding steroid dienone is 12. The van der Waals surface area contributed by atoms with Gasteiger partial charge in [-0.05, 0) is 70.6 Å². The minimum absolute atomic E-state index is 0.0694. The van der Waals surface area contributed by atoms with Crippen LogP contribution in [0.2, 0.25) is 0 Å². The molecule has 0 radical (unpaired) electrons. The largest absolute Gasteiger partial charge is 0.462 e. The van der Waals surface area contributed by atoms with E-state index in [-0.39, 0.29) is 31.1 Å². The smallest absolute Gasteiger partial charge is 0.306 e. The summed E-state index contributed by atoms with van der Waals surface area (Å²) in [5.74, 6) is -0.862. The summed E-state index contributed by atoms with van der Waals surface area (Å²) in [5.41, 5.74) is 0. The number of rotatable bonds is 64. The van der Waals surface area contributed by atoms with Crippen molar-refractivity contribution < 1.29 is 28.6 Å². The molecule has 0 bridgehead atoms. The van der Waals surface area contributed by atoms with Gasteiger partial charge in [0.1, 0.15) is 13.2 Å². The van der Waals surface area contributed by atoms with E-state index in [4.69, 9.17) is 14.2 Å². The van der Waals surface area contributed by atoms with Gasteiger partial charge in [-0.25, -0.2) is 0 Å². The van der Waals surface area contributed by atoms with E-state index in [0.29, 0.717) is 19.3 Å². The topological polar surface area (TPSA) is 78.9 Å². The lowest BCUT2D eigenvalue weighted by Crippen LogP contribution is -2.30. The Morgan fingerprint density at radius 1 is 0.263 bits per heavy atom. The second-order valence-electron chi connectivity index (χ2n) is 23.4. The van der Waals surface area contributed by atoms with Crippen LogP contribution < -0.4 is 0 Å². The van der Waals surface area contributed by atoms with Gasteiger partial charge >= 0.3 is 17.9 Å². The molecule has 0 aliphatic rings. The van der Waals surface area contributed by atoms with E-state index in [2.05, 4.69) is 93.7 Å². The predicted octanol–water partition coefficient (Wildman–Crippen LogP) is 24.1. The number of carbonyl (C=O) groups excluding carboxylic acids is 3. The van der Waals surface area contributed by atoms with Crippen LogP contribution in [0.15, 0.2) is 72.9 Å². The normalized spacial score (nSPS) is 12.5. The highest BCUT2D eigenvalue weighted by molar-refractivity contribution is 5.71. The number of hydrogen-bond acceptors (Lipinski definition) is 6. The third-order valence-electron chi connectivity index (χ3n) is 15.5. The van der Waals surface area contributed by atoms with E-state index in [0.717, 1.165) is 103 Å². The Kier molecular flexibility index (Phi) is 65.7. The van der Waals surface area contributed by atoms with Gasteiger partial charge in [-0.1, -0.05) is 344 Å².